The van der Waals surface area contributed by atoms with Crippen molar-refractivity contribution in [3.8, 4) is 11.8 Å². The molecular formula is C15H19NO4S. The van der Waals surface area contributed by atoms with Gasteiger partial charge in [-0.1, -0.05) is 17.9 Å². The van der Waals surface area contributed by atoms with Crippen LogP contribution in [-0.2, 0) is 14.6 Å². The summed E-state index contributed by atoms with van der Waals surface area (Å²) in [5, 5.41) is 10.2. The van der Waals surface area contributed by atoms with Gasteiger partial charge in [0.15, 0.2) is 9.84 Å². The Bertz CT molecular complexity index is 683. The highest BCUT2D eigenvalue weighted by molar-refractivity contribution is 7.92. The van der Waals surface area contributed by atoms with Crippen LogP contribution in [0.5, 0.6) is 0 Å². The number of rotatable bonds is 4. The number of anilines is 1. The molecule has 0 saturated heterocycles. The fraction of sp³-hybridized carbons (Fsp3) is 0.400. The third kappa shape index (κ3) is 5.21. The lowest BCUT2D eigenvalue weighted by Crippen LogP contribution is -2.32. The third-order valence-corrected chi connectivity index (χ3v) is 4.47. The zero-order valence-electron chi connectivity index (χ0n) is 12.3. The lowest BCUT2D eigenvalue weighted by molar-refractivity contribution is -0.115. The predicted octanol–water partition coefficient (Wildman–Crippen LogP) is 1.10. The molecule has 1 aromatic rings. The quantitative estimate of drug-likeness (QED) is 0.816. The molecule has 2 N–H and O–H groups in total. The van der Waals surface area contributed by atoms with Gasteiger partial charge in [0.2, 0.25) is 5.91 Å². The van der Waals surface area contributed by atoms with Gasteiger partial charge in [0.05, 0.1) is 6.61 Å². The molecule has 1 aromatic carbocycles. The summed E-state index contributed by atoms with van der Waals surface area (Å²) in [7, 11) is -3.43. The summed E-state index contributed by atoms with van der Waals surface area (Å²) in [6.07, 6.45) is 1.40. The lowest BCUT2D eigenvalue weighted by Gasteiger charge is -2.12. The minimum absolute atomic E-state index is 0.00563. The Labute approximate surface area is 125 Å². The van der Waals surface area contributed by atoms with E-state index in [1.54, 1.807) is 18.2 Å². The standard InChI is InChI=1S/C15H19NO4S/c1-11-7-8-13(6-4-5-9-17)10-14(11)16-15(18)12(2)21(3,19)20/h7-8,10,12,17H,5,9H2,1-3H3,(H,16,18). The number of sulfone groups is 1. The van der Waals surface area contributed by atoms with Crippen molar-refractivity contribution in [2.75, 3.05) is 18.2 Å². The van der Waals surface area contributed by atoms with Crippen molar-refractivity contribution >= 4 is 21.4 Å². The van der Waals surface area contributed by atoms with Gasteiger partial charge in [0.25, 0.3) is 0 Å². The number of hydrogen-bond acceptors (Lipinski definition) is 4. The van der Waals surface area contributed by atoms with Crippen LogP contribution in [0.4, 0.5) is 5.69 Å². The Morgan fingerprint density at radius 3 is 2.67 bits per heavy atom. The van der Waals surface area contributed by atoms with Gasteiger partial charge in [0.1, 0.15) is 5.25 Å². The SMILES string of the molecule is Cc1ccc(C#CCCO)cc1NC(=O)C(C)S(C)(=O)=O. The van der Waals surface area contributed by atoms with Crippen LogP contribution in [-0.4, -0.2) is 37.5 Å². The minimum Gasteiger partial charge on any atom is -0.395 e. The first-order valence-corrected chi connectivity index (χ1v) is 8.41. The smallest absolute Gasteiger partial charge is 0.242 e. The van der Waals surface area contributed by atoms with Gasteiger partial charge in [-0.05, 0) is 31.5 Å². The van der Waals surface area contributed by atoms with E-state index in [2.05, 4.69) is 17.2 Å². The third-order valence-electron chi connectivity index (χ3n) is 2.98. The molecule has 6 heteroatoms. The topological polar surface area (TPSA) is 83.5 Å². The molecule has 21 heavy (non-hydrogen) atoms. The lowest BCUT2D eigenvalue weighted by atomic mass is 10.1. The molecule has 1 rings (SSSR count). The second kappa shape index (κ2) is 7.25. The Balaban J connectivity index is 2.96. The van der Waals surface area contributed by atoms with Crippen LogP contribution in [0, 0.1) is 18.8 Å². The fourth-order valence-electron chi connectivity index (χ4n) is 1.48. The molecule has 0 spiro atoms. The molecule has 0 fully saturated rings. The molecule has 114 valence electrons. The van der Waals surface area contributed by atoms with Crippen LogP contribution in [0.1, 0.15) is 24.5 Å². The van der Waals surface area contributed by atoms with Crippen molar-refractivity contribution in [3.63, 3.8) is 0 Å². The average Bonchev–Trinajstić information content (AvgIpc) is 2.40. The van der Waals surface area contributed by atoms with Crippen molar-refractivity contribution in [3.05, 3.63) is 29.3 Å². The van der Waals surface area contributed by atoms with E-state index in [1.807, 2.05) is 6.92 Å². The van der Waals surface area contributed by atoms with E-state index in [0.717, 1.165) is 11.8 Å². The van der Waals surface area contributed by atoms with Crippen LogP contribution in [0.2, 0.25) is 0 Å². The summed E-state index contributed by atoms with van der Waals surface area (Å²) >= 11 is 0. The molecule has 1 atom stereocenters. The first-order chi connectivity index (χ1) is 9.75. The van der Waals surface area contributed by atoms with E-state index in [4.69, 9.17) is 5.11 Å². The summed E-state index contributed by atoms with van der Waals surface area (Å²) < 4.78 is 22.8. The van der Waals surface area contributed by atoms with Crippen LogP contribution in [0.3, 0.4) is 0 Å². The molecule has 0 aliphatic heterocycles. The number of nitrogens with one attached hydrogen (secondary N) is 1. The number of aryl methyl sites for hydroxylation is 1. The van der Waals surface area contributed by atoms with Crippen LogP contribution in [0.25, 0.3) is 0 Å². The second-order valence-corrected chi connectivity index (χ2v) is 7.13. The van der Waals surface area contributed by atoms with Gasteiger partial charge in [-0.3, -0.25) is 4.79 Å². The van der Waals surface area contributed by atoms with E-state index < -0.39 is 21.0 Å². The molecule has 0 bridgehead atoms. The molecule has 0 aliphatic carbocycles. The Morgan fingerprint density at radius 1 is 1.43 bits per heavy atom. The molecular weight excluding hydrogens is 290 g/mol. The van der Waals surface area contributed by atoms with Gasteiger partial charge in [-0.2, -0.15) is 0 Å². The maximum Gasteiger partial charge on any atom is 0.242 e. The van der Waals surface area contributed by atoms with Crippen molar-refractivity contribution < 1.29 is 18.3 Å². The number of carbonyl (C=O) groups excluding carboxylic acids is 1. The zero-order valence-corrected chi connectivity index (χ0v) is 13.1. The Hall–Kier alpha value is -1.84. The molecule has 0 aliphatic rings. The monoisotopic (exact) mass is 309 g/mol. The first-order valence-electron chi connectivity index (χ1n) is 6.46. The molecule has 1 unspecified atom stereocenters. The summed E-state index contributed by atoms with van der Waals surface area (Å²) in [4.78, 5) is 11.9. The molecule has 1 amide bonds. The Kier molecular flexibility index (Phi) is 5.94. The molecule has 5 nitrogen and oxygen atoms in total. The van der Waals surface area contributed by atoms with Gasteiger partial charge in [0, 0.05) is 23.9 Å². The van der Waals surface area contributed by atoms with Crippen molar-refractivity contribution in [2.45, 2.75) is 25.5 Å². The molecule has 0 saturated carbocycles. The molecule has 0 aromatic heterocycles. The predicted molar refractivity (Wildman–Crippen MR) is 82.7 cm³/mol. The van der Waals surface area contributed by atoms with E-state index >= 15 is 0 Å². The first kappa shape index (κ1) is 17.2. The van der Waals surface area contributed by atoms with E-state index in [-0.39, 0.29) is 6.61 Å². The number of amides is 1. The maximum atomic E-state index is 11.9. The average molecular weight is 309 g/mol. The molecule has 0 heterocycles. The van der Waals surface area contributed by atoms with Crippen LogP contribution >= 0.6 is 0 Å². The normalized spacial score (nSPS) is 12.2. The highest BCUT2D eigenvalue weighted by atomic mass is 32.2. The van der Waals surface area contributed by atoms with Gasteiger partial charge < -0.3 is 10.4 Å². The van der Waals surface area contributed by atoms with Crippen LogP contribution in [0.15, 0.2) is 18.2 Å². The summed E-state index contributed by atoms with van der Waals surface area (Å²) in [5.74, 6) is 5.09. The van der Waals surface area contributed by atoms with E-state index in [9.17, 15) is 13.2 Å². The van der Waals surface area contributed by atoms with Gasteiger partial charge in [-0.25, -0.2) is 8.42 Å². The largest absolute Gasteiger partial charge is 0.395 e. The van der Waals surface area contributed by atoms with Gasteiger partial charge in [-0.15, -0.1) is 0 Å². The summed E-state index contributed by atoms with van der Waals surface area (Å²) in [6, 6.07) is 5.28. The number of carbonyl (C=O) groups is 1. The highest BCUT2D eigenvalue weighted by Crippen LogP contribution is 2.17. The highest BCUT2D eigenvalue weighted by Gasteiger charge is 2.23. The zero-order chi connectivity index (χ0) is 16.0. The molecule has 0 radical (unpaired) electrons. The number of benzene rings is 1. The van der Waals surface area contributed by atoms with Gasteiger partial charge >= 0.3 is 0 Å². The summed E-state index contributed by atoms with van der Waals surface area (Å²) in [6.45, 7) is 3.16. The van der Waals surface area contributed by atoms with E-state index in [1.165, 1.54) is 6.92 Å². The Morgan fingerprint density at radius 2 is 2.10 bits per heavy atom. The summed E-state index contributed by atoms with van der Waals surface area (Å²) in [5.41, 5.74) is 2.04. The number of aliphatic hydroxyl groups is 1. The minimum atomic E-state index is -3.43. The number of hydrogen-bond donors (Lipinski definition) is 2. The number of aliphatic hydroxyl groups excluding tert-OH is 1. The van der Waals surface area contributed by atoms with Crippen molar-refractivity contribution in [1.82, 2.24) is 0 Å². The maximum absolute atomic E-state index is 11.9. The second-order valence-electron chi connectivity index (χ2n) is 4.77. The van der Waals surface area contributed by atoms with Crippen molar-refractivity contribution in [1.29, 1.82) is 0 Å². The van der Waals surface area contributed by atoms with Crippen LogP contribution < -0.4 is 5.32 Å². The fourth-order valence-corrected chi connectivity index (χ4v) is 1.93. The van der Waals surface area contributed by atoms with E-state index in [0.29, 0.717) is 17.7 Å². The van der Waals surface area contributed by atoms with Crippen molar-refractivity contribution in [2.24, 2.45) is 0 Å².